The summed E-state index contributed by atoms with van der Waals surface area (Å²) in [6.07, 6.45) is -0.866. The molecule has 2 aromatic carbocycles. The van der Waals surface area contributed by atoms with Crippen molar-refractivity contribution in [3.63, 3.8) is 0 Å². The van der Waals surface area contributed by atoms with Crippen molar-refractivity contribution >= 4 is 28.0 Å². The summed E-state index contributed by atoms with van der Waals surface area (Å²) in [5.74, 6) is -1.61. The molecular formula is C27H35N3O7S. The molecule has 2 aromatic rings. The summed E-state index contributed by atoms with van der Waals surface area (Å²) in [7, 11) is -3.97. The number of rotatable bonds is 9. The van der Waals surface area contributed by atoms with Crippen LogP contribution in [0.2, 0.25) is 0 Å². The second kappa shape index (κ2) is 12.9. The zero-order chi connectivity index (χ0) is 27.8. The van der Waals surface area contributed by atoms with Crippen LogP contribution in [-0.2, 0) is 41.4 Å². The smallest absolute Gasteiger partial charge is 0.410 e. The van der Waals surface area contributed by atoms with Crippen LogP contribution in [0.3, 0.4) is 0 Å². The van der Waals surface area contributed by atoms with Crippen LogP contribution >= 0.6 is 0 Å². The molecule has 38 heavy (non-hydrogen) atoms. The molecule has 0 bridgehead atoms. The number of nitrogens with one attached hydrogen (secondary N) is 1. The van der Waals surface area contributed by atoms with E-state index in [0.29, 0.717) is 5.56 Å². The molecule has 3 rings (SSSR count). The molecular weight excluding hydrogens is 510 g/mol. The summed E-state index contributed by atoms with van der Waals surface area (Å²) < 4.78 is 38.9. The highest BCUT2D eigenvalue weighted by atomic mass is 32.2. The van der Waals surface area contributed by atoms with Crippen LogP contribution in [0.5, 0.6) is 0 Å². The lowest BCUT2D eigenvalue weighted by molar-refractivity contribution is -0.149. The molecule has 1 heterocycles. The Hall–Kier alpha value is -3.44. The number of carbonyl (C=O) groups excluding carboxylic acids is 3. The first-order valence-corrected chi connectivity index (χ1v) is 14.1. The third-order valence-electron chi connectivity index (χ3n) is 5.69. The summed E-state index contributed by atoms with van der Waals surface area (Å²) in [5, 5.41) is 0. The van der Waals surface area contributed by atoms with E-state index in [-0.39, 0.29) is 38.5 Å². The van der Waals surface area contributed by atoms with Gasteiger partial charge in [0.15, 0.2) is 0 Å². The number of nitrogens with zero attached hydrogens (tertiary/aromatic N) is 2. The second-order valence-electron chi connectivity index (χ2n) is 10.1. The number of hydrogen-bond acceptors (Lipinski definition) is 7. The van der Waals surface area contributed by atoms with Gasteiger partial charge in [-0.15, -0.1) is 0 Å². The molecule has 1 saturated heterocycles. The molecule has 1 fully saturated rings. The van der Waals surface area contributed by atoms with Crippen molar-refractivity contribution in [1.82, 2.24) is 14.5 Å². The number of amides is 2. The van der Waals surface area contributed by atoms with E-state index in [0.717, 1.165) is 5.56 Å². The van der Waals surface area contributed by atoms with Crippen molar-refractivity contribution in [2.24, 2.45) is 0 Å². The summed E-state index contributed by atoms with van der Waals surface area (Å²) >= 11 is 0. The van der Waals surface area contributed by atoms with Gasteiger partial charge in [0.1, 0.15) is 18.2 Å². The standard InChI is InChI=1S/C27H35N3O7S/c1-27(2,3)37-26(33)30-16-14-29(15-17-30)24(31)18-23(25(32)36-19-21-10-6-4-7-11-21)28-38(34,35)20-22-12-8-5-9-13-22/h4-13,23,28H,14-20H2,1-3H3/t23-/m1/s1. The van der Waals surface area contributed by atoms with Gasteiger partial charge in [-0.3, -0.25) is 9.59 Å². The van der Waals surface area contributed by atoms with Gasteiger partial charge in [0.2, 0.25) is 15.9 Å². The number of carbonyl (C=O) groups is 3. The van der Waals surface area contributed by atoms with Crippen LogP contribution in [-0.4, -0.2) is 74.0 Å². The Morgan fingerprint density at radius 3 is 1.95 bits per heavy atom. The molecule has 2 amide bonds. The van der Waals surface area contributed by atoms with E-state index in [1.165, 1.54) is 9.80 Å². The Bertz CT molecular complexity index is 1190. The molecule has 0 radical (unpaired) electrons. The van der Waals surface area contributed by atoms with Crippen molar-refractivity contribution in [3.8, 4) is 0 Å². The van der Waals surface area contributed by atoms with Crippen LogP contribution < -0.4 is 4.72 Å². The van der Waals surface area contributed by atoms with Crippen LogP contribution in [0.15, 0.2) is 60.7 Å². The van der Waals surface area contributed by atoms with Crippen LogP contribution in [0.1, 0.15) is 38.3 Å². The summed E-state index contributed by atoms with van der Waals surface area (Å²) in [6, 6.07) is 16.1. The van der Waals surface area contributed by atoms with E-state index in [1.807, 2.05) is 6.07 Å². The predicted octanol–water partition coefficient (Wildman–Crippen LogP) is 2.69. The van der Waals surface area contributed by atoms with E-state index < -0.39 is 46.1 Å². The Labute approximate surface area is 223 Å². The van der Waals surface area contributed by atoms with Crippen molar-refractivity contribution in [3.05, 3.63) is 71.8 Å². The molecule has 1 N–H and O–H groups in total. The zero-order valence-corrected chi connectivity index (χ0v) is 22.8. The highest BCUT2D eigenvalue weighted by molar-refractivity contribution is 7.88. The molecule has 0 aromatic heterocycles. The molecule has 1 aliphatic rings. The first-order chi connectivity index (χ1) is 17.9. The largest absolute Gasteiger partial charge is 0.460 e. The van der Waals surface area contributed by atoms with Gasteiger partial charge in [0.25, 0.3) is 0 Å². The second-order valence-corrected chi connectivity index (χ2v) is 11.8. The van der Waals surface area contributed by atoms with E-state index in [4.69, 9.17) is 9.47 Å². The molecule has 10 nitrogen and oxygen atoms in total. The van der Waals surface area contributed by atoms with Crippen LogP contribution in [0.25, 0.3) is 0 Å². The average Bonchev–Trinajstić information content (AvgIpc) is 2.86. The molecule has 1 atom stereocenters. The number of hydrogen-bond donors (Lipinski definition) is 1. The summed E-state index contributed by atoms with van der Waals surface area (Å²) in [4.78, 5) is 41.4. The fourth-order valence-corrected chi connectivity index (χ4v) is 5.15. The first-order valence-electron chi connectivity index (χ1n) is 12.4. The van der Waals surface area contributed by atoms with E-state index >= 15 is 0 Å². The maximum Gasteiger partial charge on any atom is 0.410 e. The molecule has 11 heteroatoms. The Morgan fingerprint density at radius 2 is 1.39 bits per heavy atom. The predicted molar refractivity (Wildman–Crippen MR) is 141 cm³/mol. The van der Waals surface area contributed by atoms with Gasteiger partial charge in [0.05, 0.1) is 12.2 Å². The van der Waals surface area contributed by atoms with Crippen molar-refractivity contribution < 1.29 is 32.3 Å². The van der Waals surface area contributed by atoms with Crippen molar-refractivity contribution in [2.75, 3.05) is 26.2 Å². The quantitative estimate of drug-likeness (QED) is 0.481. The van der Waals surface area contributed by atoms with Gasteiger partial charge in [-0.1, -0.05) is 60.7 Å². The van der Waals surface area contributed by atoms with Crippen molar-refractivity contribution in [2.45, 2.75) is 51.2 Å². The number of benzene rings is 2. The van der Waals surface area contributed by atoms with Gasteiger partial charge in [-0.05, 0) is 31.9 Å². The minimum absolute atomic E-state index is 0.0562. The van der Waals surface area contributed by atoms with Gasteiger partial charge < -0.3 is 19.3 Å². The number of ether oxygens (including phenoxy) is 2. The molecule has 0 aliphatic carbocycles. The minimum atomic E-state index is -3.97. The number of sulfonamides is 1. The van der Waals surface area contributed by atoms with Gasteiger partial charge in [-0.25, -0.2) is 17.9 Å². The Kier molecular flexibility index (Phi) is 9.87. The third kappa shape index (κ3) is 9.46. The lowest BCUT2D eigenvalue weighted by Gasteiger charge is -2.36. The summed E-state index contributed by atoms with van der Waals surface area (Å²) in [6.45, 7) is 6.29. The maximum absolute atomic E-state index is 13.1. The maximum atomic E-state index is 13.1. The Morgan fingerprint density at radius 1 is 0.868 bits per heavy atom. The van der Waals surface area contributed by atoms with E-state index in [9.17, 15) is 22.8 Å². The highest BCUT2D eigenvalue weighted by Gasteiger charge is 2.33. The Balaban J connectivity index is 1.65. The lowest BCUT2D eigenvalue weighted by Crippen LogP contribution is -2.53. The molecule has 0 unspecified atom stereocenters. The van der Waals surface area contributed by atoms with E-state index in [1.54, 1.807) is 75.4 Å². The zero-order valence-electron chi connectivity index (χ0n) is 22.0. The highest BCUT2D eigenvalue weighted by Crippen LogP contribution is 2.14. The van der Waals surface area contributed by atoms with Gasteiger partial charge in [0, 0.05) is 26.2 Å². The fourth-order valence-electron chi connectivity index (χ4n) is 3.82. The average molecular weight is 546 g/mol. The number of piperazine rings is 1. The number of esters is 1. The molecule has 206 valence electrons. The van der Waals surface area contributed by atoms with Crippen LogP contribution in [0, 0.1) is 0 Å². The summed E-state index contributed by atoms with van der Waals surface area (Å²) in [5.41, 5.74) is 0.645. The topological polar surface area (TPSA) is 122 Å². The minimum Gasteiger partial charge on any atom is -0.460 e. The molecule has 0 saturated carbocycles. The lowest BCUT2D eigenvalue weighted by atomic mass is 10.2. The molecule has 0 spiro atoms. The SMILES string of the molecule is CC(C)(C)OC(=O)N1CCN(C(=O)C[C@@H](NS(=O)(=O)Cc2ccccc2)C(=O)OCc2ccccc2)CC1. The third-order valence-corrected chi connectivity index (χ3v) is 7.05. The normalized spacial score (nSPS) is 15.0. The first kappa shape index (κ1) is 29.1. The van der Waals surface area contributed by atoms with E-state index in [2.05, 4.69) is 4.72 Å². The monoisotopic (exact) mass is 545 g/mol. The van der Waals surface area contributed by atoms with Gasteiger partial charge >= 0.3 is 12.1 Å². The van der Waals surface area contributed by atoms with Gasteiger partial charge in [-0.2, -0.15) is 0 Å². The van der Waals surface area contributed by atoms with Crippen LogP contribution in [0.4, 0.5) is 4.79 Å². The fraction of sp³-hybridized carbons (Fsp3) is 0.444. The van der Waals surface area contributed by atoms with Crippen molar-refractivity contribution in [1.29, 1.82) is 0 Å². The molecule has 1 aliphatic heterocycles.